The number of aliphatic hydroxyl groups is 1. The third-order valence-corrected chi connectivity index (χ3v) is 4.00. The zero-order valence-electron chi connectivity index (χ0n) is 11.3. The maximum Gasteiger partial charge on any atom is 0.0916 e. The molecule has 1 atom stereocenters. The molecule has 0 spiro atoms. The zero-order chi connectivity index (χ0) is 14.5. The van der Waals surface area contributed by atoms with Gasteiger partial charge in [0.2, 0.25) is 0 Å². The van der Waals surface area contributed by atoms with Crippen LogP contribution in [0.25, 0.3) is 0 Å². The Morgan fingerprint density at radius 2 is 1.75 bits per heavy atom. The minimum absolute atomic E-state index is 0.515. The summed E-state index contributed by atoms with van der Waals surface area (Å²) < 4.78 is 0. The van der Waals surface area contributed by atoms with Crippen LogP contribution in [0.15, 0.2) is 48.5 Å². The van der Waals surface area contributed by atoms with Crippen molar-refractivity contribution in [2.45, 2.75) is 12.6 Å². The van der Waals surface area contributed by atoms with Gasteiger partial charge in [0.15, 0.2) is 0 Å². The van der Waals surface area contributed by atoms with Crippen LogP contribution in [0.1, 0.15) is 17.2 Å². The molecule has 0 radical (unpaired) electrons. The molecule has 0 fully saturated rings. The van der Waals surface area contributed by atoms with E-state index in [0.29, 0.717) is 23.1 Å². The number of hydrogen-bond acceptors (Lipinski definition) is 2. The number of halogens is 2. The van der Waals surface area contributed by atoms with Crippen molar-refractivity contribution >= 4 is 23.2 Å². The van der Waals surface area contributed by atoms with Crippen molar-refractivity contribution < 1.29 is 5.11 Å². The third-order valence-electron chi connectivity index (χ3n) is 3.14. The summed E-state index contributed by atoms with van der Waals surface area (Å²) in [6.07, 6.45) is -0.515. The second-order valence-electron chi connectivity index (χ2n) is 4.84. The number of hydrogen-bond donors (Lipinski definition) is 1. The number of rotatable bonds is 5. The number of nitrogens with zero attached hydrogens (tertiary/aromatic N) is 1. The van der Waals surface area contributed by atoms with E-state index < -0.39 is 6.10 Å². The maximum absolute atomic E-state index is 10.2. The Morgan fingerprint density at radius 3 is 2.45 bits per heavy atom. The first-order chi connectivity index (χ1) is 9.58. The van der Waals surface area contributed by atoms with Gasteiger partial charge in [-0.3, -0.25) is 4.90 Å². The minimum atomic E-state index is -0.515. The lowest BCUT2D eigenvalue weighted by Gasteiger charge is -2.21. The molecule has 0 aromatic heterocycles. The molecule has 4 heteroatoms. The van der Waals surface area contributed by atoms with Crippen LogP contribution in [-0.2, 0) is 6.54 Å². The van der Waals surface area contributed by atoms with Crippen molar-refractivity contribution in [3.8, 4) is 0 Å². The van der Waals surface area contributed by atoms with Crippen LogP contribution in [0.5, 0.6) is 0 Å². The van der Waals surface area contributed by atoms with E-state index in [2.05, 4.69) is 0 Å². The van der Waals surface area contributed by atoms with E-state index in [9.17, 15) is 5.11 Å². The minimum Gasteiger partial charge on any atom is -0.387 e. The van der Waals surface area contributed by atoms with Gasteiger partial charge in [0.25, 0.3) is 0 Å². The van der Waals surface area contributed by atoms with Crippen LogP contribution >= 0.6 is 23.2 Å². The first-order valence-corrected chi connectivity index (χ1v) is 7.18. The normalized spacial score (nSPS) is 12.7. The zero-order valence-corrected chi connectivity index (χ0v) is 12.8. The third kappa shape index (κ3) is 3.97. The van der Waals surface area contributed by atoms with Crippen molar-refractivity contribution in [1.82, 2.24) is 4.90 Å². The summed E-state index contributed by atoms with van der Waals surface area (Å²) in [5, 5.41) is 11.3. The number of benzene rings is 2. The summed E-state index contributed by atoms with van der Waals surface area (Å²) in [5.41, 5.74) is 1.87. The molecule has 0 aliphatic carbocycles. The van der Waals surface area contributed by atoms with Gasteiger partial charge in [-0.25, -0.2) is 0 Å². The Balaban J connectivity index is 1.99. The molecular weight excluding hydrogens is 293 g/mol. The lowest BCUT2D eigenvalue weighted by molar-refractivity contribution is 0.124. The van der Waals surface area contributed by atoms with Crippen LogP contribution < -0.4 is 0 Å². The highest BCUT2D eigenvalue weighted by atomic mass is 35.5. The van der Waals surface area contributed by atoms with Gasteiger partial charge >= 0.3 is 0 Å². The molecule has 20 heavy (non-hydrogen) atoms. The molecule has 2 rings (SSSR count). The topological polar surface area (TPSA) is 23.5 Å². The van der Waals surface area contributed by atoms with Crippen molar-refractivity contribution in [2.24, 2.45) is 0 Å². The fourth-order valence-corrected chi connectivity index (χ4v) is 2.48. The lowest BCUT2D eigenvalue weighted by Crippen LogP contribution is -2.24. The molecule has 1 N–H and O–H groups in total. The maximum atomic E-state index is 10.2. The van der Waals surface area contributed by atoms with E-state index in [0.717, 1.165) is 11.1 Å². The SMILES string of the molecule is CN(Cc1cccc(Cl)c1Cl)C[C@H](O)c1ccccc1. The molecule has 2 aromatic rings. The molecule has 0 unspecified atom stereocenters. The van der Waals surface area contributed by atoms with Crippen LogP contribution in [0, 0.1) is 0 Å². The Morgan fingerprint density at radius 1 is 1.05 bits per heavy atom. The van der Waals surface area contributed by atoms with Gasteiger partial charge in [0.05, 0.1) is 16.1 Å². The molecular formula is C16H17Cl2NO. The Hall–Kier alpha value is -1.06. The van der Waals surface area contributed by atoms with Crippen molar-refractivity contribution in [1.29, 1.82) is 0 Å². The molecule has 0 saturated heterocycles. The van der Waals surface area contributed by atoms with E-state index in [1.165, 1.54) is 0 Å². The summed E-state index contributed by atoms with van der Waals surface area (Å²) in [6.45, 7) is 1.18. The van der Waals surface area contributed by atoms with Crippen LogP contribution in [0.4, 0.5) is 0 Å². The Kier molecular flexibility index (Phi) is 5.44. The number of likely N-dealkylation sites (N-methyl/N-ethyl adjacent to an activating group) is 1. The summed E-state index contributed by atoms with van der Waals surface area (Å²) >= 11 is 12.2. The standard InChI is InChI=1S/C16H17Cl2NO/c1-19(10-13-8-5-9-14(17)16(13)18)11-15(20)12-6-3-2-4-7-12/h2-9,15,20H,10-11H2,1H3/t15-/m0/s1. The molecule has 0 saturated carbocycles. The highest BCUT2D eigenvalue weighted by Gasteiger charge is 2.12. The highest BCUT2D eigenvalue weighted by molar-refractivity contribution is 6.42. The fraction of sp³-hybridized carbons (Fsp3) is 0.250. The van der Waals surface area contributed by atoms with Crippen LogP contribution in [0.3, 0.4) is 0 Å². The van der Waals surface area contributed by atoms with E-state index >= 15 is 0 Å². The molecule has 0 amide bonds. The second kappa shape index (κ2) is 7.09. The monoisotopic (exact) mass is 309 g/mol. The van der Waals surface area contributed by atoms with E-state index in [4.69, 9.17) is 23.2 Å². The molecule has 0 aliphatic rings. The molecule has 2 aromatic carbocycles. The van der Waals surface area contributed by atoms with Crippen LogP contribution in [-0.4, -0.2) is 23.6 Å². The Labute approximate surface area is 129 Å². The average Bonchev–Trinajstić information content (AvgIpc) is 2.45. The average molecular weight is 310 g/mol. The van der Waals surface area contributed by atoms with Gasteiger partial charge in [-0.15, -0.1) is 0 Å². The predicted molar refractivity (Wildman–Crippen MR) is 84.2 cm³/mol. The van der Waals surface area contributed by atoms with Gasteiger partial charge in [-0.2, -0.15) is 0 Å². The summed E-state index contributed by atoms with van der Waals surface area (Å²) in [6, 6.07) is 15.2. The molecule has 0 heterocycles. The van der Waals surface area contributed by atoms with Gasteiger partial charge in [-0.1, -0.05) is 65.7 Å². The highest BCUT2D eigenvalue weighted by Crippen LogP contribution is 2.26. The molecule has 2 nitrogen and oxygen atoms in total. The first-order valence-electron chi connectivity index (χ1n) is 6.42. The van der Waals surface area contributed by atoms with Crippen LogP contribution in [0.2, 0.25) is 10.0 Å². The summed E-state index contributed by atoms with van der Waals surface area (Å²) in [7, 11) is 1.95. The second-order valence-corrected chi connectivity index (χ2v) is 5.62. The van der Waals surface area contributed by atoms with Gasteiger partial charge < -0.3 is 5.11 Å². The van der Waals surface area contributed by atoms with Gasteiger partial charge in [-0.05, 0) is 24.2 Å². The van der Waals surface area contributed by atoms with E-state index in [1.54, 1.807) is 6.07 Å². The van der Waals surface area contributed by atoms with E-state index in [1.807, 2.05) is 54.4 Å². The Bertz CT molecular complexity index is 560. The van der Waals surface area contributed by atoms with E-state index in [-0.39, 0.29) is 0 Å². The largest absolute Gasteiger partial charge is 0.387 e. The quantitative estimate of drug-likeness (QED) is 0.896. The van der Waals surface area contributed by atoms with Crippen molar-refractivity contribution in [3.63, 3.8) is 0 Å². The predicted octanol–water partition coefficient (Wildman–Crippen LogP) is 4.16. The molecule has 0 aliphatic heterocycles. The first kappa shape index (κ1) is 15.3. The van der Waals surface area contributed by atoms with Gasteiger partial charge in [0, 0.05) is 13.1 Å². The van der Waals surface area contributed by atoms with Crippen molar-refractivity contribution in [2.75, 3.05) is 13.6 Å². The summed E-state index contributed by atoms with van der Waals surface area (Å²) in [5.74, 6) is 0. The number of aliphatic hydroxyl groups excluding tert-OH is 1. The smallest absolute Gasteiger partial charge is 0.0916 e. The van der Waals surface area contributed by atoms with Crippen molar-refractivity contribution in [3.05, 3.63) is 69.7 Å². The molecule has 106 valence electrons. The summed E-state index contributed by atoms with van der Waals surface area (Å²) in [4.78, 5) is 2.02. The lowest BCUT2D eigenvalue weighted by atomic mass is 10.1. The fourth-order valence-electron chi connectivity index (χ4n) is 2.10. The van der Waals surface area contributed by atoms with Gasteiger partial charge in [0.1, 0.15) is 0 Å². The molecule has 0 bridgehead atoms.